The highest BCUT2D eigenvalue weighted by atomic mass is 19.3. The highest BCUT2D eigenvalue weighted by Gasteiger charge is 2.18. The molecule has 0 aromatic heterocycles. The third kappa shape index (κ3) is 3.93. The molecule has 0 aliphatic rings. The minimum atomic E-state index is -1.66. The summed E-state index contributed by atoms with van der Waals surface area (Å²) in [7, 11) is 0. The maximum Gasteiger partial charge on any atom is 0.269 e. The van der Waals surface area contributed by atoms with E-state index in [0.717, 1.165) is 5.56 Å². The van der Waals surface area contributed by atoms with Gasteiger partial charge in [0, 0.05) is 18.1 Å². The van der Waals surface area contributed by atoms with E-state index in [-0.39, 0.29) is 24.5 Å². The van der Waals surface area contributed by atoms with Crippen LogP contribution in [0.25, 0.3) is 0 Å². The van der Waals surface area contributed by atoms with Gasteiger partial charge in [-0.05, 0) is 17.9 Å². The van der Waals surface area contributed by atoms with Crippen LogP contribution in [-0.4, -0.2) is 11.7 Å². The molecule has 2 atom stereocenters. The minimum absolute atomic E-state index is 0.0294. The number of hydrogen-bond acceptors (Lipinski definition) is 1. The van der Waals surface area contributed by atoms with Crippen LogP contribution in [0.1, 0.15) is 31.7 Å². The van der Waals surface area contributed by atoms with Crippen molar-refractivity contribution in [3.63, 3.8) is 0 Å². The summed E-state index contributed by atoms with van der Waals surface area (Å²) in [5, 5.41) is 8.97. The third-order valence-electron chi connectivity index (χ3n) is 3.01. The Morgan fingerprint density at radius 3 is 2.24 bits per heavy atom. The molecule has 0 saturated carbocycles. The molecule has 1 aromatic carbocycles. The molecule has 0 amide bonds. The van der Waals surface area contributed by atoms with E-state index in [1.54, 1.807) is 6.92 Å². The first-order valence-electron chi connectivity index (χ1n) is 5.76. The van der Waals surface area contributed by atoms with Crippen LogP contribution in [0.3, 0.4) is 0 Å². The van der Waals surface area contributed by atoms with Crippen molar-refractivity contribution in [3.8, 4) is 0 Å². The topological polar surface area (TPSA) is 20.2 Å². The fourth-order valence-corrected chi connectivity index (χ4v) is 1.80. The van der Waals surface area contributed by atoms with Crippen molar-refractivity contribution in [3.05, 3.63) is 47.5 Å². The Kier molecular flexibility index (Phi) is 5.29. The highest BCUT2D eigenvalue weighted by Crippen LogP contribution is 2.29. The van der Waals surface area contributed by atoms with Gasteiger partial charge in [-0.15, -0.1) is 0 Å². The van der Waals surface area contributed by atoms with Crippen molar-refractivity contribution < 1.29 is 13.9 Å². The van der Waals surface area contributed by atoms with Crippen LogP contribution < -0.4 is 0 Å². The van der Waals surface area contributed by atoms with Gasteiger partial charge in [-0.25, -0.2) is 0 Å². The average molecular weight is 240 g/mol. The number of halogens is 2. The van der Waals surface area contributed by atoms with Crippen molar-refractivity contribution in [2.45, 2.75) is 26.2 Å². The van der Waals surface area contributed by atoms with Gasteiger partial charge in [-0.1, -0.05) is 44.2 Å². The monoisotopic (exact) mass is 240 g/mol. The molecule has 0 aliphatic heterocycles. The smallest absolute Gasteiger partial charge is 0.269 e. The zero-order valence-electron chi connectivity index (χ0n) is 10.2. The van der Waals surface area contributed by atoms with Gasteiger partial charge in [-0.2, -0.15) is 8.78 Å². The zero-order valence-corrected chi connectivity index (χ0v) is 10.2. The molecule has 94 valence electrons. The van der Waals surface area contributed by atoms with Crippen LogP contribution in [0.4, 0.5) is 8.78 Å². The van der Waals surface area contributed by atoms with Crippen molar-refractivity contribution in [1.29, 1.82) is 0 Å². The zero-order chi connectivity index (χ0) is 12.8. The highest BCUT2D eigenvalue weighted by molar-refractivity contribution is 5.22. The summed E-state index contributed by atoms with van der Waals surface area (Å²) in [6, 6.07) is 9.57. The fraction of sp³-hybridized carbons (Fsp3) is 0.429. The van der Waals surface area contributed by atoms with Gasteiger partial charge in [-0.3, -0.25) is 0 Å². The molecule has 3 heteroatoms. The van der Waals surface area contributed by atoms with Crippen LogP contribution in [-0.2, 0) is 0 Å². The van der Waals surface area contributed by atoms with Gasteiger partial charge in [0.25, 0.3) is 6.08 Å². The predicted octanol–water partition coefficient (Wildman–Crippen LogP) is 3.96. The van der Waals surface area contributed by atoms with E-state index >= 15 is 0 Å². The Morgan fingerprint density at radius 1 is 1.18 bits per heavy atom. The van der Waals surface area contributed by atoms with Gasteiger partial charge in [0.2, 0.25) is 0 Å². The molecule has 1 nitrogen and oxygen atoms in total. The molecule has 0 fully saturated rings. The first kappa shape index (κ1) is 13.8. The molecule has 0 spiro atoms. The molecule has 0 heterocycles. The number of benzene rings is 1. The Labute approximate surface area is 101 Å². The second-order valence-corrected chi connectivity index (χ2v) is 4.39. The molecular formula is C14H18F2O. The van der Waals surface area contributed by atoms with Gasteiger partial charge in [0.05, 0.1) is 0 Å². The quantitative estimate of drug-likeness (QED) is 0.826. The predicted molar refractivity (Wildman–Crippen MR) is 65.0 cm³/mol. The van der Waals surface area contributed by atoms with E-state index in [1.165, 1.54) is 0 Å². The third-order valence-corrected chi connectivity index (χ3v) is 3.01. The van der Waals surface area contributed by atoms with Crippen LogP contribution in [0.15, 0.2) is 42.0 Å². The van der Waals surface area contributed by atoms with E-state index in [2.05, 4.69) is 0 Å². The van der Waals surface area contributed by atoms with Crippen LogP contribution in [0.2, 0.25) is 0 Å². The summed E-state index contributed by atoms with van der Waals surface area (Å²) in [4.78, 5) is 0. The second kappa shape index (κ2) is 6.50. The summed E-state index contributed by atoms with van der Waals surface area (Å²) >= 11 is 0. The lowest BCUT2D eigenvalue weighted by Gasteiger charge is -2.17. The Morgan fingerprint density at radius 2 is 1.76 bits per heavy atom. The summed E-state index contributed by atoms with van der Waals surface area (Å²) < 4.78 is 25.6. The Balaban J connectivity index is 2.79. The summed E-state index contributed by atoms with van der Waals surface area (Å²) in [5.41, 5.74) is 1.10. The maximum absolute atomic E-state index is 12.8. The van der Waals surface area contributed by atoms with E-state index < -0.39 is 12.0 Å². The van der Waals surface area contributed by atoms with Gasteiger partial charge in [0.15, 0.2) is 0 Å². The summed E-state index contributed by atoms with van der Waals surface area (Å²) in [6.07, 6.45) is -1.37. The van der Waals surface area contributed by atoms with Gasteiger partial charge in [0.1, 0.15) is 0 Å². The number of hydrogen-bond donors (Lipinski definition) is 1. The lowest BCUT2D eigenvalue weighted by Crippen LogP contribution is -2.08. The van der Waals surface area contributed by atoms with E-state index in [0.29, 0.717) is 0 Å². The van der Waals surface area contributed by atoms with Crippen LogP contribution in [0.5, 0.6) is 0 Å². The first-order chi connectivity index (χ1) is 8.06. The summed E-state index contributed by atoms with van der Waals surface area (Å²) in [6.45, 7) is 3.29. The van der Waals surface area contributed by atoms with Gasteiger partial charge < -0.3 is 5.11 Å². The first-order valence-corrected chi connectivity index (χ1v) is 5.76. The van der Waals surface area contributed by atoms with E-state index in [1.807, 2.05) is 37.3 Å². The van der Waals surface area contributed by atoms with Crippen LogP contribution >= 0.6 is 0 Å². The normalized spacial score (nSPS) is 14.2. The molecule has 2 unspecified atom stereocenters. The van der Waals surface area contributed by atoms with Crippen molar-refractivity contribution in [2.75, 3.05) is 6.61 Å². The SMILES string of the molecule is CC(CO)C(CC(C)c1ccccc1)=C(F)F. The van der Waals surface area contributed by atoms with Crippen molar-refractivity contribution in [1.82, 2.24) is 0 Å². The minimum Gasteiger partial charge on any atom is -0.396 e. The molecule has 0 radical (unpaired) electrons. The standard InChI is InChI=1S/C14H18F2O/c1-10(12-6-4-3-5-7-12)8-13(14(15)16)11(2)9-17/h3-7,10-11,17H,8-9H2,1-2H3. The summed E-state index contributed by atoms with van der Waals surface area (Å²) in [5.74, 6) is -0.451. The number of aliphatic hydroxyl groups excluding tert-OH is 1. The molecule has 1 N–H and O–H groups in total. The molecule has 1 rings (SSSR count). The Hall–Kier alpha value is -1.22. The molecule has 1 aromatic rings. The molecule has 0 bridgehead atoms. The second-order valence-electron chi connectivity index (χ2n) is 4.39. The fourth-order valence-electron chi connectivity index (χ4n) is 1.80. The largest absolute Gasteiger partial charge is 0.396 e. The maximum atomic E-state index is 12.8. The molecular weight excluding hydrogens is 222 g/mol. The van der Waals surface area contributed by atoms with Crippen molar-refractivity contribution in [2.24, 2.45) is 5.92 Å². The molecule has 0 saturated heterocycles. The van der Waals surface area contributed by atoms with E-state index in [4.69, 9.17) is 5.11 Å². The Bertz CT molecular complexity index is 369. The number of rotatable bonds is 5. The lowest BCUT2D eigenvalue weighted by atomic mass is 9.89. The van der Waals surface area contributed by atoms with E-state index in [9.17, 15) is 8.78 Å². The molecule has 0 aliphatic carbocycles. The van der Waals surface area contributed by atoms with Crippen LogP contribution in [0, 0.1) is 5.92 Å². The lowest BCUT2D eigenvalue weighted by molar-refractivity contribution is 0.244. The van der Waals surface area contributed by atoms with Crippen molar-refractivity contribution >= 4 is 0 Å². The number of aliphatic hydroxyl groups is 1. The molecule has 17 heavy (non-hydrogen) atoms. The average Bonchev–Trinajstić information content (AvgIpc) is 2.35. The van der Waals surface area contributed by atoms with Gasteiger partial charge >= 0.3 is 0 Å².